The number of Topliss-reactive ketones (excluding diaryl/α,β-unsaturated/α-hetero) is 1. The molecule has 1 N–H and O–H groups in total. The van der Waals surface area contributed by atoms with Crippen LogP contribution in [0.4, 0.5) is 0 Å². The number of carbonyl (C=O) groups is 2. The minimum atomic E-state index is -0.832. The van der Waals surface area contributed by atoms with Crippen LogP contribution in [0.5, 0.6) is 17.2 Å². The molecule has 2 aliphatic rings. The number of aliphatic hydroxyl groups excluding tert-OH is 1. The summed E-state index contributed by atoms with van der Waals surface area (Å²) in [5.41, 5.74) is 1.01. The molecular formula is C28H34N2O7. The zero-order valence-corrected chi connectivity index (χ0v) is 21.6. The third-order valence-electron chi connectivity index (χ3n) is 6.69. The maximum atomic E-state index is 13.4. The molecule has 198 valence electrons. The average molecular weight is 511 g/mol. The molecule has 2 aromatic rings. The summed E-state index contributed by atoms with van der Waals surface area (Å²) in [7, 11) is 3.08. The van der Waals surface area contributed by atoms with Gasteiger partial charge in [0.25, 0.3) is 11.7 Å². The quantitative estimate of drug-likeness (QED) is 0.296. The summed E-state index contributed by atoms with van der Waals surface area (Å²) < 4.78 is 21.9. The number of hydrogen-bond acceptors (Lipinski definition) is 8. The van der Waals surface area contributed by atoms with Crippen LogP contribution in [0.2, 0.25) is 0 Å². The molecule has 37 heavy (non-hydrogen) atoms. The second-order valence-electron chi connectivity index (χ2n) is 8.87. The van der Waals surface area contributed by atoms with Gasteiger partial charge in [0, 0.05) is 37.3 Å². The van der Waals surface area contributed by atoms with Gasteiger partial charge in [-0.1, -0.05) is 0 Å². The molecule has 2 saturated heterocycles. The minimum absolute atomic E-state index is 0.0204. The number of aliphatic hydroxyl groups is 1. The van der Waals surface area contributed by atoms with Crippen LogP contribution >= 0.6 is 0 Å². The molecule has 0 unspecified atom stereocenters. The molecule has 2 heterocycles. The van der Waals surface area contributed by atoms with Crippen molar-refractivity contribution in [3.8, 4) is 17.2 Å². The Morgan fingerprint density at radius 1 is 1.00 bits per heavy atom. The second-order valence-corrected chi connectivity index (χ2v) is 8.87. The molecule has 0 aromatic heterocycles. The maximum absolute atomic E-state index is 13.4. The molecule has 4 rings (SSSR count). The predicted molar refractivity (Wildman–Crippen MR) is 138 cm³/mol. The number of rotatable bonds is 10. The lowest BCUT2D eigenvalue weighted by atomic mass is 9.94. The van der Waals surface area contributed by atoms with E-state index in [0.717, 1.165) is 19.6 Å². The number of amides is 1. The summed E-state index contributed by atoms with van der Waals surface area (Å²) in [6, 6.07) is 11.2. The highest BCUT2D eigenvalue weighted by Gasteiger charge is 2.47. The highest BCUT2D eigenvalue weighted by Crippen LogP contribution is 2.44. The van der Waals surface area contributed by atoms with E-state index in [9.17, 15) is 14.7 Å². The second kappa shape index (κ2) is 12.1. The van der Waals surface area contributed by atoms with E-state index in [4.69, 9.17) is 18.9 Å². The molecule has 0 radical (unpaired) electrons. The van der Waals surface area contributed by atoms with E-state index in [1.807, 2.05) is 6.92 Å². The first-order valence-electron chi connectivity index (χ1n) is 12.5. The van der Waals surface area contributed by atoms with E-state index in [1.54, 1.807) is 49.6 Å². The predicted octanol–water partition coefficient (Wildman–Crippen LogP) is 3.25. The Labute approximate surface area is 217 Å². The van der Waals surface area contributed by atoms with Crippen LogP contribution in [0.25, 0.3) is 5.76 Å². The van der Waals surface area contributed by atoms with Crippen LogP contribution in [0, 0.1) is 0 Å². The van der Waals surface area contributed by atoms with Crippen molar-refractivity contribution in [2.75, 3.05) is 60.2 Å². The SMILES string of the molecule is CCOc1ccc(/C(O)=C2\C(=O)C(=O)N(CCCN3CCOCC3)[C@H]2c2cc(OC)ccc2OC)cc1. The van der Waals surface area contributed by atoms with Gasteiger partial charge in [0.1, 0.15) is 23.0 Å². The van der Waals surface area contributed by atoms with Crippen LogP contribution in [-0.2, 0) is 14.3 Å². The largest absolute Gasteiger partial charge is 0.507 e. The van der Waals surface area contributed by atoms with Crippen molar-refractivity contribution in [3.63, 3.8) is 0 Å². The molecule has 0 saturated carbocycles. The number of benzene rings is 2. The monoisotopic (exact) mass is 510 g/mol. The Kier molecular flexibility index (Phi) is 8.68. The highest BCUT2D eigenvalue weighted by molar-refractivity contribution is 6.46. The van der Waals surface area contributed by atoms with Crippen LogP contribution in [-0.4, -0.2) is 86.8 Å². The van der Waals surface area contributed by atoms with Gasteiger partial charge in [-0.25, -0.2) is 0 Å². The minimum Gasteiger partial charge on any atom is -0.507 e. The zero-order chi connectivity index (χ0) is 26.4. The summed E-state index contributed by atoms with van der Waals surface area (Å²) in [5.74, 6) is 0.0665. The molecule has 1 atom stereocenters. The van der Waals surface area contributed by atoms with E-state index in [2.05, 4.69) is 4.90 Å². The topological polar surface area (TPSA) is 97.8 Å². The lowest BCUT2D eigenvalue weighted by Crippen LogP contribution is -2.39. The van der Waals surface area contributed by atoms with Crippen molar-refractivity contribution < 1.29 is 33.6 Å². The van der Waals surface area contributed by atoms with Gasteiger partial charge >= 0.3 is 0 Å². The molecule has 9 heteroatoms. The maximum Gasteiger partial charge on any atom is 0.295 e. The molecule has 2 aliphatic heterocycles. The Morgan fingerprint density at radius 3 is 2.35 bits per heavy atom. The lowest BCUT2D eigenvalue weighted by molar-refractivity contribution is -0.140. The van der Waals surface area contributed by atoms with Gasteiger partial charge in [-0.05, 0) is 55.8 Å². The molecular weight excluding hydrogens is 476 g/mol. The van der Waals surface area contributed by atoms with Crippen LogP contribution in [0.1, 0.15) is 30.5 Å². The summed E-state index contributed by atoms with van der Waals surface area (Å²) in [5, 5.41) is 11.3. The first kappa shape index (κ1) is 26.5. The fourth-order valence-electron chi connectivity index (χ4n) is 4.81. The van der Waals surface area contributed by atoms with E-state index in [1.165, 1.54) is 12.0 Å². The van der Waals surface area contributed by atoms with Gasteiger partial charge in [-0.15, -0.1) is 0 Å². The molecule has 0 spiro atoms. The number of nitrogens with zero attached hydrogens (tertiary/aromatic N) is 2. The Bertz CT molecular complexity index is 1140. The molecule has 2 aromatic carbocycles. The fraction of sp³-hybridized carbons (Fsp3) is 0.429. The molecule has 0 bridgehead atoms. The van der Waals surface area contributed by atoms with Gasteiger partial charge in [0.2, 0.25) is 0 Å². The number of methoxy groups -OCH3 is 2. The highest BCUT2D eigenvalue weighted by atomic mass is 16.5. The van der Waals surface area contributed by atoms with Gasteiger partial charge < -0.3 is 29.0 Å². The number of ether oxygens (including phenoxy) is 4. The standard InChI is InChI=1S/C28H34N2O7/c1-4-37-20-8-6-19(7-9-20)26(31)24-25(22-18-21(34-2)10-11-23(22)35-3)30(28(33)27(24)32)13-5-12-29-14-16-36-17-15-29/h6-11,18,25,31H,4-5,12-17H2,1-3H3/b26-24+/t25-/m0/s1. The van der Waals surface area contributed by atoms with Crippen LogP contribution < -0.4 is 14.2 Å². The van der Waals surface area contributed by atoms with Gasteiger partial charge in [0.05, 0.1) is 45.7 Å². The Balaban J connectivity index is 1.73. The molecule has 9 nitrogen and oxygen atoms in total. The first-order valence-corrected chi connectivity index (χ1v) is 12.5. The van der Waals surface area contributed by atoms with Gasteiger partial charge in [-0.3, -0.25) is 14.5 Å². The number of carbonyl (C=O) groups excluding carboxylic acids is 2. The van der Waals surface area contributed by atoms with Crippen molar-refractivity contribution in [3.05, 3.63) is 59.2 Å². The summed E-state index contributed by atoms with van der Waals surface area (Å²) in [6.45, 7) is 6.56. The molecule has 2 fully saturated rings. The summed E-state index contributed by atoms with van der Waals surface area (Å²) in [4.78, 5) is 30.5. The zero-order valence-electron chi connectivity index (χ0n) is 21.6. The lowest BCUT2D eigenvalue weighted by Gasteiger charge is -2.29. The molecule has 0 aliphatic carbocycles. The molecule has 1 amide bonds. The van der Waals surface area contributed by atoms with E-state index >= 15 is 0 Å². The fourth-order valence-corrected chi connectivity index (χ4v) is 4.81. The van der Waals surface area contributed by atoms with E-state index in [-0.39, 0.29) is 11.3 Å². The van der Waals surface area contributed by atoms with Crippen LogP contribution in [0.3, 0.4) is 0 Å². The smallest absolute Gasteiger partial charge is 0.295 e. The van der Waals surface area contributed by atoms with Crippen molar-refractivity contribution in [1.29, 1.82) is 0 Å². The number of morpholine rings is 1. The van der Waals surface area contributed by atoms with Gasteiger partial charge in [-0.2, -0.15) is 0 Å². The third kappa shape index (κ3) is 5.73. The van der Waals surface area contributed by atoms with Crippen LogP contribution in [0.15, 0.2) is 48.0 Å². The van der Waals surface area contributed by atoms with E-state index < -0.39 is 17.7 Å². The van der Waals surface area contributed by atoms with Crippen molar-refractivity contribution in [2.24, 2.45) is 0 Å². The van der Waals surface area contributed by atoms with Gasteiger partial charge in [0.15, 0.2) is 0 Å². The Morgan fingerprint density at radius 2 is 1.70 bits per heavy atom. The van der Waals surface area contributed by atoms with Crippen molar-refractivity contribution in [2.45, 2.75) is 19.4 Å². The average Bonchev–Trinajstić information content (AvgIpc) is 3.18. The van der Waals surface area contributed by atoms with E-state index in [0.29, 0.717) is 61.2 Å². The summed E-state index contributed by atoms with van der Waals surface area (Å²) in [6.07, 6.45) is 0.666. The van der Waals surface area contributed by atoms with Crippen molar-refractivity contribution >= 4 is 17.4 Å². The summed E-state index contributed by atoms with van der Waals surface area (Å²) >= 11 is 0. The Hall–Kier alpha value is -3.56. The third-order valence-corrected chi connectivity index (χ3v) is 6.69. The number of ketones is 1. The van der Waals surface area contributed by atoms with Crippen molar-refractivity contribution in [1.82, 2.24) is 9.80 Å². The number of hydrogen-bond donors (Lipinski definition) is 1. The normalized spacial score (nSPS) is 19.8. The number of likely N-dealkylation sites (tertiary alicyclic amines) is 1. The first-order chi connectivity index (χ1) is 18.0.